The first-order valence-corrected chi connectivity index (χ1v) is 6.69. The fourth-order valence-corrected chi connectivity index (χ4v) is 2.03. The Morgan fingerprint density at radius 3 is 2.83 bits per heavy atom. The Labute approximate surface area is 116 Å². The van der Waals surface area contributed by atoms with Crippen molar-refractivity contribution in [3.63, 3.8) is 0 Å². The van der Waals surface area contributed by atoms with Crippen LogP contribution in [0.25, 0.3) is 0 Å². The molecule has 1 rings (SSSR count). The summed E-state index contributed by atoms with van der Waals surface area (Å²) in [6, 6.07) is 5.88. The Bertz CT molecular complexity index is 409. The van der Waals surface area contributed by atoms with E-state index in [-0.39, 0.29) is 0 Å². The summed E-state index contributed by atoms with van der Waals surface area (Å²) in [6.45, 7) is 3.08. The van der Waals surface area contributed by atoms with E-state index in [0.29, 0.717) is 19.6 Å². The summed E-state index contributed by atoms with van der Waals surface area (Å²) in [5.41, 5.74) is 1.20. The Hall–Kier alpha value is -1.23. The van der Waals surface area contributed by atoms with Gasteiger partial charge < -0.3 is 14.7 Å². The average Bonchev–Trinajstić information content (AvgIpc) is 2.35. The number of hydrogen-bond acceptors (Lipinski definition) is 2. The van der Waals surface area contributed by atoms with Gasteiger partial charge in [-0.15, -0.1) is 0 Å². The van der Waals surface area contributed by atoms with Gasteiger partial charge in [-0.05, 0) is 36.6 Å². The van der Waals surface area contributed by atoms with Gasteiger partial charge in [0.25, 0.3) is 0 Å². The normalized spacial score (nSPS) is 10.2. The molecule has 0 bridgehead atoms. The molecule has 0 aromatic heterocycles. The van der Waals surface area contributed by atoms with Crippen molar-refractivity contribution in [1.82, 2.24) is 4.90 Å². The van der Waals surface area contributed by atoms with E-state index in [0.717, 1.165) is 16.6 Å². The fourth-order valence-electron chi connectivity index (χ4n) is 1.50. The van der Waals surface area contributed by atoms with Crippen LogP contribution in [0.2, 0.25) is 0 Å². The number of halogens is 1. The second-order valence-electron chi connectivity index (χ2n) is 4.01. The molecule has 0 heterocycles. The van der Waals surface area contributed by atoms with Gasteiger partial charge >= 0.3 is 6.09 Å². The van der Waals surface area contributed by atoms with E-state index in [4.69, 9.17) is 9.84 Å². The van der Waals surface area contributed by atoms with Gasteiger partial charge in [-0.2, -0.15) is 0 Å². The Kier molecular flexibility index (Phi) is 5.98. The lowest BCUT2D eigenvalue weighted by Crippen LogP contribution is -2.26. The fraction of sp³-hybridized carbons (Fsp3) is 0.462. The van der Waals surface area contributed by atoms with Crippen LogP contribution in [0.3, 0.4) is 0 Å². The Balaban J connectivity index is 2.38. The predicted octanol–water partition coefficient (Wildman–Crippen LogP) is 3.39. The van der Waals surface area contributed by atoms with Gasteiger partial charge in [-0.1, -0.05) is 22.9 Å². The number of benzene rings is 1. The molecule has 5 heteroatoms. The second-order valence-corrected chi connectivity index (χ2v) is 4.87. The standard InChI is InChI=1S/C13H18BrNO3/c1-3-10-9-11(5-6-12(10)14)18-8-4-7-15(2)13(16)17/h5-6,9H,3-4,7-8H2,1-2H3,(H,16,17). The van der Waals surface area contributed by atoms with Crippen molar-refractivity contribution in [2.24, 2.45) is 0 Å². The number of nitrogens with zero attached hydrogens (tertiary/aromatic N) is 1. The van der Waals surface area contributed by atoms with E-state index in [1.54, 1.807) is 7.05 Å². The molecule has 0 spiro atoms. The maximum absolute atomic E-state index is 10.6. The molecule has 4 nitrogen and oxygen atoms in total. The third-order valence-electron chi connectivity index (χ3n) is 2.63. The maximum Gasteiger partial charge on any atom is 0.407 e. The van der Waals surface area contributed by atoms with E-state index >= 15 is 0 Å². The summed E-state index contributed by atoms with van der Waals surface area (Å²) < 4.78 is 6.68. The first kappa shape index (κ1) is 14.8. The Morgan fingerprint density at radius 1 is 1.50 bits per heavy atom. The molecule has 18 heavy (non-hydrogen) atoms. The van der Waals surface area contributed by atoms with Crippen LogP contribution in [0, 0.1) is 0 Å². The van der Waals surface area contributed by atoms with Crippen molar-refractivity contribution in [2.45, 2.75) is 19.8 Å². The summed E-state index contributed by atoms with van der Waals surface area (Å²) in [5.74, 6) is 0.827. The molecule has 0 saturated heterocycles. The number of carbonyl (C=O) groups is 1. The van der Waals surface area contributed by atoms with Crippen LogP contribution < -0.4 is 4.74 Å². The highest BCUT2D eigenvalue weighted by molar-refractivity contribution is 9.10. The second kappa shape index (κ2) is 7.26. The van der Waals surface area contributed by atoms with Crippen LogP contribution in [0.15, 0.2) is 22.7 Å². The first-order chi connectivity index (χ1) is 8.54. The van der Waals surface area contributed by atoms with Gasteiger partial charge in [-0.25, -0.2) is 4.79 Å². The molecule has 0 atom stereocenters. The van der Waals surface area contributed by atoms with Crippen LogP contribution >= 0.6 is 15.9 Å². The van der Waals surface area contributed by atoms with Crippen LogP contribution in [0.1, 0.15) is 18.9 Å². The van der Waals surface area contributed by atoms with Gasteiger partial charge in [0.15, 0.2) is 0 Å². The van der Waals surface area contributed by atoms with Crippen LogP contribution in [-0.4, -0.2) is 36.3 Å². The number of ether oxygens (including phenoxy) is 1. The SMILES string of the molecule is CCc1cc(OCCCN(C)C(=O)O)ccc1Br. The molecule has 1 aromatic carbocycles. The number of carboxylic acid groups (broad SMARTS) is 1. The molecule has 0 saturated carbocycles. The van der Waals surface area contributed by atoms with E-state index in [1.165, 1.54) is 10.5 Å². The van der Waals surface area contributed by atoms with Gasteiger partial charge in [-0.3, -0.25) is 0 Å². The van der Waals surface area contributed by atoms with Gasteiger partial charge in [0.2, 0.25) is 0 Å². The lowest BCUT2D eigenvalue weighted by Gasteiger charge is -2.13. The molecule has 100 valence electrons. The highest BCUT2D eigenvalue weighted by atomic mass is 79.9. The van der Waals surface area contributed by atoms with Crippen LogP contribution in [-0.2, 0) is 6.42 Å². The summed E-state index contributed by atoms with van der Waals surface area (Å²) in [5, 5.41) is 8.68. The minimum Gasteiger partial charge on any atom is -0.494 e. The predicted molar refractivity (Wildman–Crippen MR) is 74.3 cm³/mol. The molecule has 0 radical (unpaired) electrons. The zero-order valence-electron chi connectivity index (χ0n) is 10.6. The molecular formula is C13H18BrNO3. The van der Waals surface area contributed by atoms with Gasteiger partial charge in [0.05, 0.1) is 6.61 Å². The zero-order chi connectivity index (χ0) is 13.5. The van der Waals surface area contributed by atoms with Gasteiger partial charge in [0.1, 0.15) is 5.75 Å². The van der Waals surface area contributed by atoms with Crippen molar-refractivity contribution < 1.29 is 14.6 Å². The smallest absolute Gasteiger partial charge is 0.407 e. The molecule has 0 aliphatic rings. The maximum atomic E-state index is 10.6. The number of amides is 1. The summed E-state index contributed by atoms with van der Waals surface area (Å²) >= 11 is 3.48. The lowest BCUT2D eigenvalue weighted by molar-refractivity contribution is 0.152. The minimum atomic E-state index is -0.910. The zero-order valence-corrected chi connectivity index (χ0v) is 12.2. The van der Waals surface area contributed by atoms with Crippen molar-refractivity contribution in [1.29, 1.82) is 0 Å². The lowest BCUT2D eigenvalue weighted by atomic mass is 10.2. The van der Waals surface area contributed by atoms with Crippen LogP contribution in [0.4, 0.5) is 4.79 Å². The van der Waals surface area contributed by atoms with Crippen molar-refractivity contribution in [2.75, 3.05) is 20.2 Å². The number of rotatable bonds is 6. The van der Waals surface area contributed by atoms with Crippen molar-refractivity contribution >= 4 is 22.0 Å². The molecule has 0 aliphatic heterocycles. The van der Waals surface area contributed by atoms with E-state index in [2.05, 4.69) is 22.9 Å². The minimum absolute atomic E-state index is 0.479. The summed E-state index contributed by atoms with van der Waals surface area (Å²) in [6.07, 6.45) is 0.715. The monoisotopic (exact) mass is 315 g/mol. The molecule has 1 amide bonds. The van der Waals surface area contributed by atoms with Crippen molar-refractivity contribution in [3.05, 3.63) is 28.2 Å². The van der Waals surface area contributed by atoms with Crippen LogP contribution in [0.5, 0.6) is 5.75 Å². The van der Waals surface area contributed by atoms with E-state index in [1.807, 2.05) is 18.2 Å². The highest BCUT2D eigenvalue weighted by Crippen LogP contribution is 2.23. The quantitative estimate of drug-likeness (QED) is 0.819. The summed E-state index contributed by atoms with van der Waals surface area (Å²) in [7, 11) is 1.55. The molecule has 0 fully saturated rings. The van der Waals surface area contributed by atoms with Gasteiger partial charge in [0, 0.05) is 18.1 Å². The molecule has 0 aliphatic carbocycles. The molecule has 1 N–H and O–H groups in total. The summed E-state index contributed by atoms with van der Waals surface area (Å²) in [4.78, 5) is 11.8. The average molecular weight is 316 g/mol. The third-order valence-corrected chi connectivity index (χ3v) is 3.40. The molecular weight excluding hydrogens is 298 g/mol. The number of hydrogen-bond donors (Lipinski definition) is 1. The Morgan fingerprint density at radius 2 is 2.22 bits per heavy atom. The van der Waals surface area contributed by atoms with Crippen molar-refractivity contribution in [3.8, 4) is 5.75 Å². The topological polar surface area (TPSA) is 49.8 Å². The highest BCUT2D eigenvalue weighted by Gasteiger charge is 2.05. The number of aryl methyl sites for hydroxylation is 1. The molecule has 0 unspecified atom stereocenters. The largest absolute Gasteiger partial charge is 0.494 e. The molecule has 1 aromatic rings. The first-order valence-electron chi connectivity index (χ1n) is 5.90. The van der Waals surface area contributed by atoms with E-state index < -0.39 is 6.09 Å². The van der Waals surface area contributed by atoms with E-state index in [9.17, 15) is 4.79 Å². The third kappa shape index (κ3) is 4.56.